The molecule has 0 saturated carbocycles. The SMILES string of the molecule is CCOc1ccc(-c2cncc(C(=O)NNCc3cc(OC)cc(OC)c3)n2)cn1. The molecule has 0 unspecified atom stereocenters. The van der Waals surface area contributed by atoms with Crippen LogP contribution < -0.4 is 25.1 Å². The van der Waals surface area contributed by atoms with Crippen molar-refractivity contribution < 1.29 is 19.0 Å². The third-order valence-corrected chi connectivity index (χ3v) is 4.10. The molecular weight excluding hydrogens is 386 g/mol. The van der Waals surface area contributed by atoms with Crippen LogP contribution in [0.5, 0.6) is 17.4 Å². The number of carbonyl (C=O) groups excluding carboxylic acids is 1. The fraction of sp³-hybridized carbons (Fsp3) is 0.238. The third kappa shape index (κ3) is 5.42. The number of rotatable bonds is 9. The molecule has 0 aliphatic rings. The van der Waals surface area contributed by atoms with E-state index >= 15 is 0 Å². The maximum Gasteiger partial charge on any atom is 0.285 e. The van der Waals surface area contributed by atoms with Gasteiger partial charge in [-0.05, 0) is 30.7 Å². The Labute approximate surface area is 174 Å². The Morgan fingerprint density at radius 2 is 1.80 bits per heavy atom. The van der Waals surface area contributed by atoms with Crippen molar-refractivity contribution in [3.63, 3.8) is 0 Å². The number of pyridine rings is 1. The van der Waals surface area contributed by atoms with Crippen molar-refractivity contribution in [2.45, 2.75) is 13.5 Å². The van der Waals surface area contributed by atoms with Gasteiger partial charge in [0.1, 0.15) is 17.2 Å². The molecule has 156 valence electrons. The number of aromatic nitrogens is 3. The normalized spacial score (nSPS) is 10.4. The Bertz CT molecular complexity index is 973. The maximum absolute atomic E-state index is 12.4. The van der Waals surface area contributed by atoms with E-state index in [1.54, 1.807) is 38.7 Å². The summed E-state index contributed by atoms with van der Waals surface area (Å²) in [6.45, 7) is 2.80. The molecule has 9 heteroatoms. The Hall–Kier alpha value is -3.72. The molecule has 30 heavy (non-hydrogen) atoms. The zero-order chi connectivity index (χ0) is 21.3. The topological polar surface area (TPSA) is 107 Å². The molecule has 2 N–H and O–H groups in total. The van der Waals surface area contributed by atoms with E-state index in [1.165, 1.54) is 6.20 Å². The molecular formula is C21H23N5O4. The molecule has 2 aromatic heterocycles. The molecule has 3 rings (SSSR count). The first kappa shape index (κ1) is 21.0. The average Bonchev–Trinajstić information content (AvgIpc) is 2.79. The number of methoxy groups -OCH3 is 2. The van der Waals surface area contributed by atoms with Gasteiger partial charge in [0, 0.05) is 30.4 Å². The molecule has 3 aromatic rings. The fourth-order valence-corrected chi connectivity index (χ4v) is 2.64. The number of amides is 1. The Kier molecular flexibility index (Phi) is 7.12. The smallest absolute Gasteiger partial charge is 0.285 e. The highest BCUT2D eigenvalue weighted by atomic mass is 16.5. The van der Waals surface area contributed by atoms with Crippen LogP contribution >= 0.6 is 0 Å². The summed E-state index contributed by atoms with van der Waals surface area (Å²) in [5.74, 6) is 1.46. The molecule has 0 bridgehead atoms. The summed E-state index contributed by atoms with van der Waals surface area (Å²) >= 11 is 0. The van der Waals surface area contributed by atoms with Crippen molar-refractivity contribution in [3.8, 4) is 28.6 Å². The van der Waals surface area contributed by atoms with Gasteiger partial charge in [-0.1, -0.05) is 0 Å². The summed E-state index contributed by atoms with van der Waals surface area (Å²) in [5.41, 5.74) is 7.82. The van der Waals surface area contributed by atoms with Crippen LogP contribution in [0.15, 0.2) is 48.9 Å². The molecule has 1 aromatic carbocycles. The van der Waals surface area contributed by atoms with Gasteiger partial charge in [0.2, 0.25) is 5.88 Å². The highest BCUT2D eigenvalue weighted by Crippen LogP contribution is 2.22. The van der Waals surface area contributed by atoms with E-state index in [-0.39, 0.29) is 5.69 Å². The van der Waals surface area contributed by atoms with Gasteiger partial charge >= 0.3 is 0 Å². The molecule has 9 nitrogen and oxygen atoms in total. The van der Waals surface area contributed by atoms with E-state index in [9.17, 15) is 4.79 Å². The van der Waals surface area contributed by atoms with E-state index in [0.717, 1.165) is 11.1 Å². The number of nitrogens with one attached hydrogen (secondary N) is 2. The first-order chi connectivity index (χ1) is 14.6. The van der Waals surface area contributed by atoms with E-state index in [4.69, 9.17) is 14.2 Å². The van der Waals surface area contributed by atoms with Crippen molar-refractivity contribution in [1.29, 1.82) is 0 Å². The lowest BCUT2D eigenvalue weighted by molar-refractivity contribution is 0.0927. The summed E-state index contributed by atoms with van der Waals surface area (Å²) < 4.78 is 15.8. The molecule has 0 saturated heterocycles. The van der Waals surface area contributed by atoms with Crippen LogP contribution in [-0.4, -0.2) is 41.7 Å². The van der Waals surface area contributed by atoms with Crippen LogP contribution in [0.4, 0.5) is 0 Å². The van der Waals surface area contributed by atoms with E-state index < -0.39 is 5.91 Å². The summed E-state index contributed by atoms with van der Waals surface area (Å²) in [6, 6.07) is 9.04. The highest BCUT2D eigenvalue weighted by Gasteiger charge is 2.10. The van der Waals surface area contributed by atoms with E-state index in [1.807, 2.05) is 25.1 Å². The van der Waals surface area contributed by atoms with Crippen LogP contribution in [0.2, 0.25) is 0 Å². The van der Waals surface area contributed by atoms with Crippen LogP contribution in [-0.2, 0) is 6.54 Å². The summed E-state index contributed by atoms with van der Waals surface area (Å²) in [4.78, 5) is 25.1. The third-order valence-electron chi connectivity index (χ3n) is 4.10. The number of hydrogen-bond acceptors (Lipinski definition) is 8. The molecule has 0 aliphatic heterocycles. The molecule has 0 aliphatic carbocycles. The summed E-state index contributed by atoms with van der Waals surface area (Å²) in [7, 11) is 3.17. The molecule has 0 radical (unpaired) electrons. The molecule has 0 fully saturated rings. The van der Waals surface area contributed by atoms with Gasteiger partial charge in [-0.25, -0.2) is 15.4 Å². The van der Waals surface area contributed by atoms with Gasteiger partial charge in [-0.3, -0.25) is 15.2 Å². The number of nitrogens with zero attached hydrogens (tertiary/aromatic N) is 3. The number of ether oxygens (including phenoxy) is 3. The first-order valence-corrected chi connectivity index (χ1v) is 9.29. The van der Waals surface area contributed by atoms with Crippen molar-refractivity contribution in [1.82, 2.24) is 25.8 Å². The largest absolute Gasteiger partial charge is 0.497 e. The van der Waals surface area contributed by atoms with Gasteiger partial charge in [0.15, 0.2) is 0 Å². The highest BCUT2D eigenvalue weighted by molar-refractivity contribution is 5.92. The molecule has 2 heterocycles. The lowest BCUT2D eigenvalue weighted by atomic mass is 10.2. The second-order valence-corrected chi connectivity index (χ2v) is 6.14. The number of hydrazine groups is 1. The predicted molar refractivity (Wildman–Crippen MR) is 110 cm³/mol. The van der Waals surface area contributed by atoms with Crippen LogP contribution in [0.25, 0.3) is 11.3 Å². The van der Waals surface area contributed by atoms with Crippen LogP contribution in [0, 0.1) is 0 Å². The summed E-state index contributed by atoms with van der Waals surface area (Å²) in [6.07, 6.45) is 4.60. The van der Waals surface area contributed by atoms with Crippen molar-refractivity contribution in [2.24, 2.45) is 0 Å². The van der Waals surface area contributed by atoms with Gasteiger partial charge in [0.25, 0.3) is 5.91 Å². The second kappa shape index (κ2) is 10.2. The minimum Gasteiger partial charge on any atom is -0.497 e. The van der Waals surface area contributed by atoms with E-state index in [0.29, 0.717) is 36.2 Å². The van der Waals surface area contributed by atoms with Gasteiger partial charge in [0.05, 0.1) is 38.9 Å². The Morgan fingerprint density at radius 3 is 2.43 bits per heavy atom. The Morgan fingerprint density at radius 1 is 1.03 bits per heavy atom. The van der Waals surface area contributed by atoms with Crippen molar-refractivity contribution >= 4 is 5.91 Å². The first-order valence-electron chi connectivity index (χ1n) is 9.29. The molecule has 1 amide bonds. The lowest BCUT2D eigenvalue weighted by Gasteiger charge is -2.10. The van der Waals surface area contributed by atoms with Gasteiger partial charge < -0.3 is 14.2 Å². The number of benzene rings is 1. The Balaban J connectivity index is 1.63. The number of hydrogen-bond donors (Lipinski definition) is 2. The standard InChI is InChI=1S/C21H23N5O4/c1-4-30-20-6-5-15(11-23-20)18-12-22-13-19(25-18)21(27)26-24-10-14-7-16(28-2)9-17(8-14)29-3/h5-9,11-13,24H,4,10H2,1-3H3,(H,26,27). The quantitative estimate of drug-likeness (QED) is 0.519. The lowest BCUT2D eigenvalue weighted by Crippen LogP contribution is -2.37. The number of carbonyl (C=O) groups is 1. The minimum absolute atomic E-state index is 0.178. The minimum atomic E-state index is -0.405. The van der Waals surface area contributed by atoms with Crippen molar-refractivity contribution in [2.75, 3.05) is 20.8 Å². The second-order valence-electron chi connectivity index (χ2n) is 6.14. The van der Waals surface area contributed by atoms with E-state index in [2.05, 4.69) is 25.8 Å². The average molecular weight is 409 g/mol. The van der Waals surface area contributed by atoms with Gasteiger partial charge in [-0.15, -0.1) is 0 Å². The van der Waals surface area contributed by atoms with Crippen LogP contribution in [0.3, 0.4) is 0 Å². The van der Waals surface area contributed by atoms with Gasteiger partial charge in [-0.2, -0.15) is 0 Å². The molecule has 0 spiro atoms. The van der Waals surface area contributed by atoms with Crippen molar-refractivity contribution in [3.05, 3.63) is 60.2 Å². The predicted octanol–water partition coefficient (Wildman–Crippen LogP) is 2.39. The zero-order valence-electron chi connectivity index (χ0n) is 17.0. The molecule has 0 atom stereocenters. The maximum atomic E-state index is 12.4. The zero-order valence-corrected chi connectivity index (χ0v) is 17.0. The summed E-state index contributed by atoms with van der Waals surface area (Å²) in [5, 5.41) is 0. The van der Waals surface area contributed by atoms with Crippen LogP contribution in [0.1, 0.15) is 23.0 Å². The monoisotopic (exact) mass is 409 g/mol. The fourth-order valence-electron chi connectivity index (χ4n) is 2.64.